The highest BCUT2D eigenvalue weighted by Crippen LogP contribution is 2.18. The highest BCUT2D eigenvalue weighted by atomic mass is 35.5. The molecule has 6 nitrogen and oxygen atoms in total. The van der Waals surface area contributed by atoms with Crippen molar-refractivity contribution in [2.45, 2.75) is 6.92 Å². The summed E-state index contributed by atoms with van der Waals surface area (Å²) in [5, 5.41) is 7.22. The van der Waals surface area contributed by atoms with Gasteiger partial charge in [-0.3, -0.25) is 4.79 Å². The Hall–Kier alpha value is -2.80. The number of aryl methyl sites for hydroxylation is 1. The van der Waals surface area contributed by atoms with Crippen LogP contribution in [-0.4, -0.2) is 25.7 Å². The van der Waals surface area contributed by atoms with Gasteiger partial charge in [0.15, 0.2) is 11.6 Å². The molecule has 1 amide bonds. The first-order valence-electron chi connectivity index (χ1n) is 6.64. The van der Waals surface area contributed by atoms with Crippen LogP contribution in [0.15, 0.2) is 42.9 Å². The number of rotatable bonds is 3. The largest absolute Gasteiger partial charge is 0.305 e. The Morgan fingerprint density at radius 1 is 1.35 bits per heavy atom. The lowest BCUT2D eigenvalue weighted by Gasteiger charge is -2.05. The van der Waals surface area contributed by atoms with Crippen molar-refractivity contribution in [3.63, 3.8) is 0 Å². The number of nitrogens with one attached hydrogen (secondary N) is 1. The molecule has 0 aromatic carbocycles. The SMILES string of the molecule is Cc1cnc(F)cc1C(=O)Nc1ccn(-c2ncccc2Cl)n1. The van der Waals surface area contributed by atoms with Crippen LogP contribution in [0.2, 0.25) is 5.02 Å². The zero-order chi connectivity index (χ0) is 16.4. The second-order valence-electron chi connectivity index (χ2n) is 4.73. The predicted octanol–water partition coefficient (Wildman–Crippen LogP) is 3.02. The molecule has 0 aliphatic rings. The third-order valence-electron chi connectivity index (χ3n) is 3.10. The standard InChI is InChI=1S/C15H11ClFN5O/c1-9-8-19-12(17)7-10(9)15(23)20-13-4-6-22(21-13)14-11(16)3-2-5-18-14/h2-8H,1H3,(H,20,21,23). The van der Waals surface area contributed by atoms with E-state index >= 15 is 0 Å². The normalized spacial score (nSPS) is 10.6. The Morgan fingerprint density at radius 2 is 2.17 bits per heavy atom. The Labute approximate surface area is 136 Å². The number of carbonyl (C=O) groups is 1. The molecule has 0 spiro atoms. The molecule has 3 aromatic heterocycles. The number of pyridine rings is 2. The summed E-state index contributed by atoms with van der Waals surface area (Å²) in [6.07, 6.45) is 4.50. The van der Waals surface area contributed by atoms with E-state index in [1.54, 1.807) is 37.5 Å². The number of aromatic nitrogens is 4. The Balaban J connectivity index is 1.83. The number of amides is 1. The van der Waals surface area contributed by atoms with Crippen LogP contribution >= 0.6 is 11.6 Å². The van der Waals surface area contributed by atoms with Crippen LogP contribution in [0.5, 0.6) is 0 Å². The van der Waals surface area contributed by atoms with Crippen molar-refractivity contribution in [1.29, 1.82) is 0 Å². The lowest BCUT2D eigenvalue weighted by atomic mass is 10.1. The van der Waals surface area contributed by atoms with Gasteiger partial charge in [0.25, 0.3) is 5.91 Å². The van der Waals surface area contributed by atoms with Crippen molar-refractivity contribution < 1.29 is 9.18 Å². The average molecular weight is 332 g/mol. The Kier molecular flexibility index (Phi) is 4.03. The van der Waals surface area contributed by atoms with Gasteiger partial charge in [-0.05, 0) is 24.6 Å². The Bertz CT molecular complexity index is 880. The second-order valence-corrected chi connectivity index (χ2v) is 5.14. The summed E-state index contributed by atoms with van der Waals surface area (Å²) >= 11 is 6.05. The minimum atomic E-state index is -0.716. The maximum absolute atomic E-state index is 13.2. The van der Waals surface area contributed by atoms with Gasteiger partial charge in [-0.2, -0.15) is 4.39 Å². The van der Waals surface area contributed by atoms with Gasteiger partial charge in [0.05, 0.1) is 5.02 Å². The smallest absolute Gasteiger partial charge is 0.257 e. The number of nitrogens with zero attached hydrogens (tertiary/aromatic N) is 4. The van der Waals surface area contributed by atoms with Gasteiger partial charge in [0.1, 0.15) is 0 Å². The predicted molar refractivity (Wildman–Crippen MR) is 83.3 cm³/mol. The van der Waals surface area contributed by atoms with Crippen LogP contribution in [0.4, 0.5) is 10.2 Å². The highest BCUT2D eigenvalue weighted by Gasteiger charge is 2.13. The summed E-state index contributed by atoms with van der Waals surface area (Å²) in [7, 11) is 0. The zero-order valence-corrected chi connectivity index (χ0v) is 12.8. The molecule has 23 heavy (non-hydrogen) atoms. The summed E-state index contributed by atoms with van der Waals surface area (Å²) in [6, 6.07) is 6.07. The van der Waals surface area contributed by atoms with Crippen LogP contribution in [0.3, 0.4) is 0 Å². The third-order valence-corrected chi connectivity index (χ3v) is 3.40. The van der Waals surface area contributed by atoms with Gasteiger partial charge in [-0.15, -0.1) is 5.10 Å². The van der Waals surface area contributed by atoms with Gasteiger partial charge < -0.3 is 5.32 Å². The van der Waals surface area contributed by atoms with Crippen LogP contribution < -0.4 is 5.32 Å². The number of hydrogen-bond donors (Lipinski definition) is 1. The maximum Gasteiger partial charge on any atom is 0.257 e. The van der Waals surface area contributed by atoms with Gasteiger partial charge in [-0.25, -0.2) is 14.6 Å². The topological polar surface area (TPSA) is 72.7 Å². The number of carbonyl (C=O) groups excluding carboxylic acids is 1. The van der Waals surface area contributed by atoms with Crippen molar-refractivity contribution >= 4 is 23.3 Å². The van der Waals surface area contributed by atoms with Crippen LogP contribution in [0, 0.1) is 12.9 Å². The summed E-state index contributed by atoms with van der Waals surface area (Å²) in [5.74, 6) is -0.443. The third kappa shape index (κ3) is 3.19. The Morgan fingerprint density at radius 3 is 2.96 bits per heavy atom. The van der Waals surface area contributed by atoms with Crippen LogP contribution in [-0.2, 0) is 0 Å². The van der Waals surface area contributed by atoms with E-state index in [1.807, 2.05) is 0 Å². The molecule has 0 bridgehead atoms. The molecule has 3 heterocycles. The molecule has 0 fully saturated rings. The molecule has 3 aromatic rings. The van der Waals surface area contributed by atoms with Crippen molar-refractivity contribution in [1.82, 2.24) is 19.7 Å². The van der Waals surface area contributed by atoms with Crippen LogP contribution in [0.25, 0.3) is 5.82 Å². The minimum absolute atomic E-state index is 0.197. The molecule has 0 saturated heterocycles. The van der Waals surface area contributed by atoms with Crippen molar-refractivity contribution in [2.75, 3.05) is 5.32 Å². The molecule has 0 radical (unpaired) electrons. The number of halogens is 2. The lowest BCUT2D eigenvalue weighted by Crippen LogP contribution is -2.15. The van der Waals surface area contributed by atoms with E-state index in [-0.39, 0.29) is 5.56 Å². The summed E-state index contributed by atoms with van der Waals surface area (Å²) in [6.45, 7) is 1.67. The second kappa shape index (κ2) is 6.13. The van der Waals surface area contributed by atoms with E-state index < -0.39 is 11.9 Å². The summed E-state index contributed by atoms with van der Waals surface area (Å²) in [5.41, 5.74) is 0.763. The number of anilines is 1. The molecule has 8 heteroatoms. The quantitative estimate of drug-likeness (QED) is 0.749. The van der Waals surface area contributed by atoms with Gasteiger partial charge in [-0.1, -0.05) is 11.6 Å². The monoisotopic (exact) mass is 331 g/mol. The van der Waals surface area contributed by atoms with E-state index in [0.717, 1.165) is 6.07 Å². The van der Waals surface area contributed by atoms with E-state index in [0.29, 0.717) is 22.2 Å². The lowest BCUT2D eigenvalue weighted by molar-refractivity contribution is 0.102. The summed E-state index contributed by atoms with van der Waals surface area (Å²) in [4.78, 5) is 19.8. The van der Waals surface area contributed by atoms with E-state index in [4.69, 9.17) is 11.6 Å². The van der Waals surface area contributed by atoms with E-state index in [9.17, 15) is 9.18 Å². The molecule has 3 rings (SSSR count). The molecule has 0 aliphatic heterocycles. The summed E-state index contributed by atoms with van der Waals surface area (Å²) < 4.78 is 14.6. The fraction of sp³-hybridized carbons (Fsp3) is 0.0667. The molecule has 0 unspecified atom stereocenters. The van der Waals surface area contributed by atoms with Gasteiger partial charge >= 0.3 is 0 Å². The van der Waals surface area contributed by atoms with Gasteiger partial charge in [0, 0.05) is 36.3 Å². The molecule has 1 N–H and O–H groups in total. The molecular formula is C15H11ClFN5O. The molecule has 0 saturated carbocycles. The minimum Gasteiger partial charge on any atom is -0.305 e. The first-order chi connectivity index (χ1) is 11.0. The zero-order valence-electron chi connectivity index (χ0n) is 12.0. The van der Waals surface area contributed by atoms with Gasteiger partial charge in [0.2, 0.25) is 5.95 Å². The van der Waals surface area contributed by atoms with E-state index in [2.05, 4.69) is 20.4 Å². The van der Waals surface area contributed by atoms with Crippen molar-refractivity contribution in [3.8, 4) is 5.82 Å². The van der Waals surface area contributed by atoms with Crippen molar-refractivity contribution in [3.05, 3.63) is 65.0 Å². The fourth-order valence-corrected chi connectivity index (χ4v) is 2.19. The molecular weight excluding hydrogens is 321 g/mol. The average Bonchev–Trinajstić information content (AvgIpc) is 2.98. The molecule has 0 aliphatic carbocycles. The van der Waals surface area contributed by atoms with Crippen molar-refractivity contribution in [2.24, 2.45) is 0 Å². The van der Waals surface area contributed by atoms with Crippen LogP contribution in [0.1, 0.15) is 15.9 Å². The molecule has 0 atom stereocenters. The van der Waals surface area contributed by atoms with E-state index in [1.165, 1.54) is 10.9 Å². The first kappa shape index (κ1) is 15.1. The highest BCUT2D eigenvalue weighted by molar-refractivity contribution is 6.32. The fourth-order valence-electron chi connectivity index (χ4n) is 1.98. The number of hydrogen-bond acceptors (Lipinski definition) is 4. The first-order valence-corrected chi connectivity index (χ1v) is 7.02. The maximum atomic E-state index is 13.2. The molecule has 116 valence electrons.